The first-order chi connectivity index (χ1) is 8.97. The maximum Gasteiger partial charge on any atom is 0.272 e. The zero-order valence-corrected chi connectivity index (χ0v) is 11.1. The Bertz CT molecular complexity index is 467. The van der Waals surface area contributed by atoms with Crippen molar-refractivity contribution in [2.24, 2.45) is 0 Å². The number of rotatable bonds is 3. The van der Waals surface area contributed by atoms with E-state index < -0.39 is 12.1 Å². The lowest BCUT2D eigenvalue weighted by Gasteiger charge is -2.26. The van der Waals surface area contributed by atoms with Gasteiger partial charge in [0, 0.05) is 19.1 Å². The molecule has 0 bridgehead atoms. The van der Waals surface area contributed by atoms with E-state index in [4.69, 9.17) is 0 Å². The zero-order valence-electron chi connectivity index (χ0n) is 11.1. The molecule has 2 atom stereocenters. The number of likely N-dealkylation sites (tertiary alicyclic amines) is 1. The average Bonchev–Trinajstić information content (AvgIpc) is 2.68. The summed E-state index contributed by atoms with van der Waals surface area (Å²) in [6, 6.07) is 4.08. The quantitative estimate of drug-likeness (QED) is 0.803. The van der Waals surface area contributed by atoms with Gasteiger partial charge in [0.2, 0.25) is 5.95 Å². The van der Waals surface area contributed by atoms with Gasteiger partial charge in [0.25, 0.3) is 5.91 Å². The molecule has 1 amide bonds. The van der Waals surface area contributed by atoms with Gasteiger partial charge in [-0.2, -0.15) is 4.39 Å². The molecule has 1 saturated heterocycles. The topological polar surface area (TPSA) is 56.7 Å². The van der Waals surface area contributed by atoms with Crippen molar-refractivity contribution in [3.05, 3.63) is 29.8 Å². The first kappa shape index (κ1) is 13.9. The predicted octanol–water partition coefficient (Wildman–Crippen LogP) is 0.358. The fourth-order valence-electron chi connectivity index (χ4n) is 2.41. The number of nitrogens with zero attached hydrogens (tertiary/aromatic N) is 3. The highest BCUT2D eigenvalue weighted by atomic mass is 19.1. The molecule has 0 spiro atoms. The number of carbonyl (C=O) groups is 1. The summed E-state index contributed by atoms with van der Waals surface area (Å²) in [4.78, 5) is 19.4. The van der Waals surface area contributed by atoms with Crippen molar-refractivity contribution in [1.29, 1.82) is 0 Å². The molecule has 104 valence electrons. The molecule has 2 rings (SSSR count). The van der Waals surface area contributed by atoms with E-state index in [9.17, 15) is 14.3 Å². The Morgan fingerprint density at radius 3 is 2.95 bits per heavy atom. The zero-order chi connectivity index (χ0) is 14.0. The van der Waals surface area contributed by atoms with Gasteiger partial charge in [-0.05, 0) is 32.6 Å². The number of carbonyl (C=O) groups excluding carboxylic acids is 1. The molecule has 0 saturated carbocycles. The molecule has 6 heteroatoms. The van der Waals surface area contributed by atoms with Crippen molar-refractivity contribution in [2.45, 2.75) is 18.6 Å². The molecule has 1 N–H and O–H groups in total. The minimum absolute atomic E-state index is 0.0671. The number of hydrogen-bond donors (Lipinski definition) is 1. The molecule has 1 aliphatic rings. The summed E-state index contributed by atoms with van der Waals surface area (Å²) in [5.41, 5.74) is 0.0813. The summed E-state index contributed by atoms with van der Waals surface area (Å²) in [7, 11) is 3.82. The highest BCUT2D eigenvalue weighted by Gasteiger charge is 2.35. The Morgan fingerprint density at radius 2 is 2.32 bits per heavy atom. The Labute approximate surface area is 111 Å². The van der Waals surface area contributed by atoms with Crippen LogP contribution >= 0.6 is 0 Å². The van der Waals surface area contributed by atoms with Crippen LogP contribution in [0.25, 0.3) is 0 Å². The number of halogens is 1. The van der Waals surface area contributed by atoms with Gasteiger partial charge in [-0.1, -0.05) is 6.07 Å². The van der Waals surface area contributed by atoms with Gasteiger partial charge < -0.3 is 14.9 Å². The summed E-state index contributed by atoms with van der Waals surface area (Å²) < 4.78 is 13.1. The maximum absolute atomic E-state index is 13.1. The monoisotopic (exact) mass is 267 g/mol. The normalized spacial score (nSPS) is 23.1. The number of β-amino-alcohol motifs (C(OH)–C–C–N with tert-alkyl or cyclic N) is 1. The second kappa shape index (κ2) is 5.63. The van der Waals surface area contributed by atoms with E-state index in [0.29, 0.717) is 13.0 Å². The second-order valence-corrected chi connectivity index (χ2v) is 5.11. The van der Waals surface area contributed by atoms with Gasteiger partial charge in [0.05, 0.1) is 6.10 Å². The number of aliphatic hydroxyl groups excluding tert-OH is 1. The van der Waals surface area contributed by atoms with Crippen LogP contribution in [-0.2, 0) is 0 Å². The van der Waals surface area contributed by atoms with E-state index in [1.165, 1.54) is 18.2 Å². The molecule has 1 aromatic heterocycles. The highest BCUT2D eigenvalue weighted by Crippen LogP contribution is 2.20. The minimum atomic E-state index is -0.672. The molecule has 5 nitrogen and oxygen atoms in total. The van der Waals surface area contributed by atoms with Gasteiger partial charge in [-0.25, -0.2) is 4.98 Å². The molecule has 0 aliphatic carbocycles. The fraction of sp³-hybridized carbons (Fsp3) is 0.538. The molecule has 1 fully saturated rings. The van der Waals surface area contributed by atoms with Gasteiger partial charge in [-0.15, -0.1) is 0 Å². The summed E-state index contributed by atoms with van der Waals surface area (Å²) in [6.07, 6.45) is 0.0154. The minimum Gasteiger partial charge on any atom is -0.391 e. The largest absolute Gasteiger partial charge is 0.391 e. The summed E-state index contributed by atoms with van der Waals surface area (Å²) in [6.45, 7) is 0.938. The van der Waals surface area contributed by atoms with Crippen LogP contribution in [0.3, 0.4) is 0 Å². The molecule has 2 heterocycles. The number of amides is 1. The Hall–Kier alpha value is -1.53. The van der Waals surface area contributed by atoms with Gasteiger partial charge in [-0.3, -0.25) is 4.79 Å². The van der Waals surface area contributed by atoms with Crippen molar-refractivity contribution < 1.29 is 14.3 Å². The second-order valence-electron chi connectivity index (χ2n) is 5.11. The Balaban J connectivity index is 2.17. The van der Waals surface area contributed by atoms with E-state index in [0.717, 1.165) is 0 Å². The van der Waals surface area contributed by atoms with Crippen LogP contribution < -0.4 is 0 Å². The first-order valence-corrected chi connectivity index (χ1v) is 6.23. The molecule has 0 aromatic carbocycles. The van der Waals surface area contributed by atoms with Crippen LogP contribution in [0.1, 0.15) is 16.9 Å². The van der Waals surface area contributed by atoms with Gasteiger partial charge in [0.15, 0.2) is 0 Å². The summed E-state index contributed by atoms with van der Waals surface area (Å²) >= 11 is 0. The lowest BCUT2D eigenvalue weighted by Crippen LogP contribution is -2.41. The molecule has 2 unspecified atom stereocenters. The van der Waals surface area contributed by atoms with Crippen molar-refractivity contribution >= 4 is 5.91 Å². The van der Waals surface area contributed by atoms with Crippen molar-refractivity contribution in [3.63, 3.8) is 0 Å². The molecular formula is C13H18FN3O2. The molecule has 1 aliphatic heterocycles. The smallest absolute Gasteiger partial charge is 0.272 e. The number of aliphatic hydroxyl groups is 1. The van der Waals surface area contributed by atoms with Crippen LogP contribution in [-0.4, -0.2) is 65.1 Å². The van der Waals surface area contributed by atoms with E-state index in [1.807, 2.05) is 19.0 Å². The molecule has 0 radical (unpaired) electrons. The van der Waals surface area contributed by atoms with E-state index in [-0.39, 0.29) is 24.2 Å². The van der Waals surface area contributed by atoms with Gasteiger partial charge in [0.1, 0.15) is 5.69 Å². The third kappa shape index (κ3) is 3.27. The standard InChI is InChI=1S/C13H18FN3O2/c1-16(2)7-9-6-10(18)8-17(9)13(19)11-4-3-5-12(14)15-11/h3-5,9-10,18H,6-8H2,1-2H3. The van der Waals surface area contributed by atoms with Crippen LogP contribution in [0.2, 0.25) is 0 Å². The van der Waals surface area contributed by atoms with Crippen molar-refractivity contribution in [2.75, 3.05) is 27.2 Å². The van der Waals surface area contributed by atoms with Crippen molar-refractivity contribution in [1.82, 2.24) is 14.8 Å². The van der Waals surface area contributed by atoms with Crippen molar-refractivity contribution in [3.8, 4) is 0 Å². The van der Waals surface area contributed by atoms with Crippen LogP contribution in [0, 0.1) is 5.95 Å². The van der Waals surface area contributed by atoms with Crippen LogP contribution in [0.4, 0.5) is 4.39 Å². The first-order valence-electron chi connectivity index (χ1n) is 6.23. The van der Waals surface area contributed by atoms with Crippen LogP contribution in [0.5, 0.6) is 0 Å². The number of pyridine rings is 1. The average molecular weight is 267 g/mol. The van der Waals surface area contributed by atoms with Crippen LogP contribution in [0.15, 0.2) is 18.2 Å². The Morgan fingerprint density at radius 1 is 1.58 bits per heavy atom. The van der Waals surface area contributed by atoms with E-state index in [2.05, 4.69) is 4.98 Å². The third-order valence-corrected chi connectivity index (χ3v) is 3.16. The summed E-state index contributed by atoms with van der Waals surface area (Å²) in [5, 5.41) is 9.73. The molecule has 1 aromatic rings. The maximum atomic E-state index is 13.1. The highest BCUT2D eigenvalue weighted by molar-refractivity contribution is 5.92. The van der Waals surface area contributed by atoms with Gasteiger partial charge >= 0.3 is 0 Å². The molecular weight excluding hydrogens is 249 g/mol. The lowest BCUT2D eigenvalue weighted by atomic mass is 10.2. The number of aromatic nitrogens is 1. The number of hydrogen-bond acceptors (Lipinski definition) is 4. The summed E-state index contributed by atoms with van der Waals surface area (Å²) in [5.74, 6) is -1.00. The Kier molecular flexibility index (Phi) is 4.11. The lowest BCUT2D eigenvalue weighted by molar-refractivity contribution is 0.0692. The fourth-order valence-corrected chi connectivity index (χ4v) is 2.41. The SMILES string of the molecule is CN(C)CC1CC(O)CN1C(=O)c1cccc(F)n1. The predicted molar refractivity (Wildman–Crippen MR) is 68.2 cm³/mol. The van der Waals surface area contributed by atoms with E-state index >= 15 is 0 Å². The number of likely N-dealkylation sites (N-methyl/N-ethyl adjacent to an activating group) is 1. The molecule has 19 heavy (non-hydrogen) atoms. The third-order valence-electron chi connectivity index (χ3n) is 3.16. The van der Waals surface area contributed by atoms with E-state index in [1.54, 1.807) is 4.90 Å².